The van der Waals surface area contributed by atoms with Gasteiger partial charge in [0.15, 0.2) is 0 Å². The second-order valence-electron chi connectivity index (χ2n) is 2.99. The molecule has 3 unspecified atom stereocenters. The van der Waals surface area contributed by atoms with Gasteiger partial charge in [-0.15, -0.1) is 11.8 Å². The van der Waals surface area contributed by atoms with Crippen molar-refractivity contribution in [3.05, 3.63) is 12.2 Å². The SMILES string of the molecule is CC(=O)C1SC2C=CC1C2. The van der Waals surface area contributed by atoms with Gasteiger partial charge in [-0.1, -0.05) is 12.2 Å². The van der Waals surface area contributed by atoms with E-state index < -0.39 is 0 Å². The third-order valence-electron chi connectivity index (χ3n) is 2.19. The fourth-order valence-electron chi connectivity index (χ4n) is 1.70. The van der Waals surface area contributed by atoms with Crippen LogP contribution in [0, 0.1) is 5.92 Å². The van der Waals surface area contributed by atoms with Crippen molar-refractivity contribution >= 4 is 17.5 Å². The van der Waals surface area contributed by atoms with Crippen LogP contribution in [0.4, 0.5) is 0 Å². The molecule has 1 aliphatic carbocycles. The van der Waals surface area contributed by atoms with Crippen LogP contribution in [0.15, 0.2) is 12.2 Å². The van der Waals surface area contributed by atoms with E-state index in [1.54, 1.807) is 6.92 Å². The highest BCUT2D eigenvalue weighted by Crippen LogP contribution is 2.44. The van der Waals surface area contributed by atoms with Gasteiger partial charge in [-0.2, -0.15) is 0 Å². The Morgan fingerprint density at radius 3 is 2.70 bits per heavy atom. The van der Waals surface area contributed by atoms with Crippen LogP contribution in [0.5, 0.6) is 0 Å². The third-order valence-corrected chi connectivity index (χ3v) is 3.86. The number of carbonyl (C=O) groups excluding carboxylic acids is 1. The Balaban J connectivity index is 2.16. The van der Waals surface area contributed by atoms with E-state index in [4.69, 9.17) is 0 Å². The molecule has 1 fully saturated rings. The molecule has 54 valence electrons. The van der Waals surface area contributed by atoms with Crippen molar-refractivity contribution in [1.29, 1.82) is 0 Å². The van der Waals surface area contributed by atoms with Gasteiger partial charge in [0.05, 0.1) is 5.25 Å². The molecule has 0 amide bonds. The number of hydrogen-bond acceptors (Lipinski definition) is 2. The molecule has 1 nitrogen and oxygen atoms in total. The Bertz CT molecular complexity index is 197. The van der Waals surface area contributed by atoms with Crippen LogP contribution in [-0.4, -0.2) is 16.3 Å². The zero-order valence-corrected chi connectivity index (χ0v) is 6.73. The standard InChI is InChI=1S/C8H10OS/c1-5(9)8-6-2-3-7(4-6)10-8/h2-3,6-8H,4H2,1H3. The summed E-state index contributed by atoms with van der Waals surface area (Å²) >= 11 is 1.83. The summed E-state index contributed by atoms with van der Waals surface area (Å²) in [6.45, 7) is 1.70. The minimum absolute atomic E-state index is 0.287. The van der Waals surface area contributed by atoms with Gasteiger partial charge < -0.3 is 0 Å². The Labute approximate surface area is 64.9 Å². The van der Waals surface area contributed by atoms with Gasteiger partial charge >= 0.3 is 0 Å². The first-order valence-electron chi connectivity index (χ1n) is 3.61. The summed E-state index contributed by atoms with van der Waals surface area (Å²) in [5.74, 6) is 0.911. The van der Waals surface area contributed by atoms with Crippen LogP contribution < -0.4 is 0 Å². The molecule has 1 saturated heterocycles. The van der Waals surface area contributed by atoms with Crippen LogP contribution in [-0.2, 0) is 4.79 Å². The molecule has 1 aliphatic heterocycles. The quantitative estimate of drug-likeness (QED) is 0.534. The maximum absolute atomic E-state index is 11.0. The first-order valence-corrected chi connectivity index (χ1v) is 4.56. The number of rotatable bonds is 1. The van der Waals surface area contributed by atoms with E-state index in [0.29, 0.717) is 17.0 Å². The van der Waals surface area contributed by atoms with E-state index in [0.717, 1.165) is 0 Å². The number of fused-ring (bicyclic) bond motifs is 2. The summed E-state index contributed by atoms with van der Waals surface area (Å²) in [6, 6.07) is 0. The monoisotopic (exact) mass is 154 g/mol. The van der Waals surface area contributed by atoms with Gasteiger partial charge in [0.1, 0.15) is 5.78 Å². The molecule has 0 radical (unpaired) electrons. The largest absolute Gasteiger partial charge is 0.299 e. The number of carbonyl (C=O) groups is 1. The smallest absolute Gasteiger partial charge is 0.143 e. The van der Waals surface area contributed by atoms with E-state index in [-0.39, 0.29) is 5.25 Å². The Morgan fingerprint density at radius 2 is 2.40 bits per heavy atom. The summed E-state index contributed by atoms with van der Waals surface area (Å²) < 4.78 is 0. The minimum atomic E-state index is 0.287. The second kappa shape index (κ2) is 2.12. The number of ketones is 1. The van der Waals surface area contributed by atoms with Crippen molar-refractivity contribution in [3.8, 4) is 0 Å². The van der Waals surface area contributed by atoms with Crippen molar-refractivity contribution in [1.82, 2.24) is 0 Å². The van der Waals surface area contributed by atoms with Crippen LogP contribution in [0.1, 0.15) is 13.3 Å². The number of hydrogen-bond donors (Lipinski definition) is 0. The lowest BCUT2D eigenvalue weighted by Gasteiger charge is -2.12. The predicted molar refractivity (Wildman–Crippen MR) is 43.1 cm³/mol. The Kier molecular flexibility index (Phi) is 1.37. The average molecular weight is 154 g/mol. The fourth-order valence-corrected chi connectivity index (χ4v) is 3.19. The summed E-state index contributed by atoms with van der Waals surface area (Å²) in [5.41, 5.74) is 0. The van der Waals surface area contributed by atoms with E-state index in [1.165, 1.54) is 6.42 Å². The molecule has 0 N–H and O–H groups in total. The average Bonchev–Trinajstić information content (AvgIpc) is 2.44. The maximum atomic E-state index is 11.0. The lowest BCUT2D eigenvalue weighted by Crippen LogP contribution is -2.18. The molecule has 0 saturated carbocycles. The lowest BCUT2D eigenvalue weighted by atomic mass is 10.0. The van der Waals surface area contributed by atoms with Gasteiger partial charge in [0, 0.05) is 5.25 Å². The zero-order chi connectivity index (χ0) is 7.14. The number of allylic oxidation sites excluding steroid dienone is 1. The zero-order valence-electron chi connectivity index (χ0n) is 5.91. The van der Waals surface area contributed by atoms with Crippen LogP contribution >= 0.6 is 11.8 Å². The van der Waals surface area contributed by atoms with Gasteiger partial charge in [-0.25, -0.2) is 0 Å². The summed E-state index contributed by atoms with van der Waals surface area (Å²) in [4.78, 5) is 11.0. The molecule has 10 heavy (non-hydrogen) atoms. The number of Topliss-reactive ketones (excluding diaryl/α,β-unsaturated/α-hetero) is 1. The maximum Gasteiger partial charge on any atom is 0.143 e. The lowest BCUT2D eigenvalue weighted by molar-refractivity contribution is -0.116. The highest BCUT2D eigenvalue weighted by molar-refractivity contribution is 8.01. The van der Waals surface area contributed by atoms with Crippen molar-refractivity contribution in [2.45, 2.75) is 23.8 Å². The van der Waals surface area contributed by atoms with E-state index >= 15 is 0 Å². The van der Waals surface area contributed by atoms with Crippen molar-refractivity contribution in [2.75, 3.05) is 0 Å². The topological polar surface area (TPSA) is 17.1 Å². The molecular formula is C8H10OS. The molecule has 2 heteroatoms. The van der Waals surface area contributed by atoms with Crippen LogP contribution in [0.3, 0.4) is 0 Å². The summed E-state index contributed by atoms with van der Waals surface area (Å²) in [6.07, 6.45) is 5.64. The normalized spacial score (nSPS) is 42.7. The molecule has 0 aromatic rings. The highest BCUT2D eigenvalue weighted by atomic mass is 32.2. The highest BCUT2D eigenvalue weighted by Gasteiger charge is 2.38. The molecule has 1 heterocycles. The van der Waals surface area contributed by atoms with Crippen LogP contribution in [0.25, 0.3) is 0 Å². The molecule has 2 aliphatic rings. The van der Waals surface area contributed by atoms with Crippen molar-refractivity contribution in [2.24, 2.45) is 5.92 Å². The molecule has 2 bridgehead atoms. The molecular weight excluding hydrogens is 144 g/mol. The molecule has 2 rings (SSSR count). The third kappa shape index (κ3) is 0.823. The van der Waals surface area contributed by atoms with Gasteiger partial charge in [-0.3, -0.25) is 4.79 Å². The van der Waals surface area contributed by atoms with Crippen LogP contribution in [0.2, 0.25) is 0 Å². The van der Waals surface area contributed by atoms with E-state index in [2.05, 4.69) is 12.2 Å². The first-order chi connectivity index (χ1) is 4.77. The summed E-state index contributed by atoms with van der Waals surface area (Å²) in [7, 11) is 0. The van der Waals surface area contributed by atoms with E-state index in [9.17, 15) is 4.79 Å². The van der Waals surface area contributed by atoms with Crippen molar-refractivity contribution < 1.29 is 4.79 Å². The molecule has 0 aromatic heterocycles. The van der Waals surface area contributed by atoms with E-state index in [1.807, 2.05) is 11.8 Å². The molecule has 0 aromatic carbocycles. The predicted octanol–water partition coefficient (Wildman–Crippen LogP) is 1.64. The van der Waals surface area contributed by atoms with Gasteiger partial charge in [0.25, 0.3) is 0 Å². The minimum Gasteiger partial charge on any atom is -0.299 e. The molecule has 3 atom stereocenters. The number of thioether (sulfide) groups is 1. The fraction of sp³-hybridized carbons (Fsp3) is 0.625. The summed E-state index contributed by atoms with van der Waals surface area (Å²) in [5, 5.41) is 0.939. The molecule has 0 spiro atoms. The van der Waals surface area contributed by atoms with Crippen molar-refractivity contribution in [3.63, 3.8) is 0 Å². The second-order valence-corrected chi connectivity index (χ2v) is 4.38. The van der Waals surface area contributed by atoms with Gasteiger partial charge in [0.2, 0.25) is 0 Å². The Morgan fingerprint density at radius 1 is 1.60 bits per heavy atom. The Hall–Kier alpha value is -0.240. The first kappa shape index (κ1) is 6.47. The van der Waals surface area contributed by atoms with Gasteiger partial charge in [-0.05, 0) is 19.3 Å².